The van der Waals surface area contributed by atoms with E-state index in [2.05, 4.69) is 4.98 Å². The van der Waals surface area contributed by atoms with Crippen LogP contribution in [0.1, 0.15) is 54.2 Å². The molecule has 9 nitrogen and oxygen atoms in total. The van der Waals surface area contributed by atoms with Gasteiger partial charge in [-0.15, -0.1) is 0 Å². The average molecular weight is 486 g/mol. The Bertz CT molecular complexity index is 1130. The number of nitrogens with two attached hydrogens (primary N) is 2. The molecule has 1 saturated heterocycles. The minimum absolute atomic E-state index is 0.0395. The molecule has 0 radical (unpaired) electrons. The van der Waals surface area contributed by atoms with Crippen LogP contribution in [0, 0.1) is 5.92 Å². The molecule has 0 unspecified atom stereocenters. The Balaban J connectivity index is 1.60. The largest absolute Gasteiger partial charge is 0.444 e. The number of benzene rings is 1. The van der Waals surface area contributed by atoms with Crippen molar-refractivity contribution in [1.29, 1.82) is 0 Å². The standard InChI is InChI=1S/C24H28ClN5O4/c1-13(2)19(22(27)32)20-16(21(26)31)11-17(25)23(28-20)29-9-7-15(8-10-29)30-18-6-4-3-5-14(18)12-34-24(30)33/h3-6,11,13,15,19H,7-10,12H2,1-2H3,(H2,26,31)(H2,27,32)/t19-/m0/s1. The van der Waals surface area contributed by atoms with Gasteiger partial charge in [-0.05, 0) is 30.9 Å². The number of aromatic nitrogens is 1. The van der Waals surface area contributed by atoms with Gasteiger partial charge in [-0.1, -0.05) is 43.6 Å². The summed E-state index contributed by atoms with van der Waals surface area (Å²) in [4.78, 5) is 45.2. The number of carbonyl (C=O) groups excluding carboxylic acids is 3. The highest BCUT2D eigenvalue weighted by Gasteiger charge is 2.35. The van der Waals surface area contributed by atoms with Gasteiger partial charge in [0.2, 0.25) is 5.91 Å². The normalized spacial score (nSPS) is 17.4. The Morgan fingerprint density at radius 1 is 1.18 bits per heavy atom. The minimum atomic E-state index is -0.782. The Morgan fingerprint density at radius 3 is 2.47 bits per heavy atom. The molecular weight excluding hydrogens is 458 g/mol. The van der Waals surface area contributed by atoms with Crippen LogP contribution < -0.4 is 21.3 Å². The molecule has 3 heterocycles. The molecule has 4 rings (SSSR count). The lowest BCUT2D eigenvalue weighted by molar-refractivity contribution is -0.120. The molecule has 2 aromatic rings. The van der Waals surface area contributed by atoms with Crippen LogP contribution in [0.15, 0.2) is 30.3 Å². The van der Waals surface area contributed by atoms with Crippen molar-refractivity contribution in [3.05, 3.63) is 52.2 Å². The van der Waals surface area contributed by atoms with Crippen LogP contribution in [-0.2, 0) is 16.1 Å². The van der Waals surface area contributed by atoms with E-state index < -0.39 is 17.7 Å². The zero-order valence-electron chi connectivity index (χ0n) is 19.2. The SMILES string of the molecule is CC(C)[C@H](C(N)=O)c1nc(N2CCC(N3C(=O)OCc4ccccc43)CC2)c(Cl)cc1C(N)=O. The van der Waals surface area contributed by atoms with Crippen LogP contribution in [0.4, 0.5) is 16.3 Å². The smallest absolute Gasteiger partial charge is 0.414 e. The molecule has 34 heavy (non-hydrogen) atoms. The van der Waals surface area contributed by atoms with Gasteiger partial charge < -0.3 is 21.1 Å². The van der Waals surface area contributed by atoms with Crippen molar-refractivity contribution in [2.24, 2.45) is 17.4 Å². The number of anilines is 2. The summed E-state index contributed by atoms with van der Waals surface area (Å²) in [6, 6.07) is 9.15. The molecule has 0 bridgehead atoms. The number of pyridine rings is 1. The highest BCUT2D eigenvalue weighted by Crippen LogP contribution is 2.36. The third-order valence-electron chi connectivity index (χ3n) is 6.45. The predicted molar refractivity (Wildman–Crippen MR) is 129 cm³/mol. The fraction of sp³-hybridized carbons (Fsp3) is 0.417. The lowest BCUT2D eigenvalue weighted by Gasteiger charge is -2.40. The lowest BCUT2D eigenvalue weighted by Crippen LogP contribution is -2.49. The first-order valence-electron chi connectivity index (χ1n) is 11.3. The van der Waals surface area contributed by atoms with Gasteiger partial charge in [0.05, 0.1) is 27.9 Å². The van der Waals surface area contributed by atoms with Gasteiger partial charge in [0.1, 0.15) is 12.4 Å². The predicted octanol–water partition coefficient (Wildman–Crippen LogP) is 3.18. The van der Waals surface area contributed by atoms with Gasteiger partial charge in [0, 0.05) is 24.7 Å². The summed E-state index contributed by atoms with van der Waals surface area (Å²) in [7, 11) is 0. The molecule has 2 aliphatic heterocycles. The number of primary amides is 2. The molecule has 0 spiro atoms. The average Bonchev–Trinajstić information content (AvgIpc) is 2.79. The fourth-order valence-electron chi connectivity index (χ4n) is 4.79. The number of carbonyl (C=O) groups is 3. The molecule has 3 amide bonds. The number of fused-ring (bicyclic) bond motifs is 1. The van der Waals surface area contributed by atoms with Crippen LogP contribution in [0.5, 0.6) is 0 Å². The second-order valence-corrected chi connectivity index (χ2v) is 9.39. The lowest BCUT2D eigenvalue weighted by atomic mass is 9.88. The summed E-state index contributed by atoms with van der Waals surface area (Å²) in [6.45, 7) is 5.08. The number of hydrogen-bond acceptors (Lipinski definition) is 6. The second-order valence-electron chi connectivity index (χ2n) is 8.99. The number of cyclic esters (lactones) is 1. The summed E-state index contributed by atoms with van der Waals surface area (Å²) >= 11 is 6.51. The quantitative estimate of drug-likeness (QED) is 0.645. The Hall–Kier alpha value is -3.33. The van der Waals surface area contributed by atoms with E-state index in [1.165, 1.54) is 6.07 Å². The molecule has 0 saturated carbocycles. The van der Waals surface area contributed by atoms with Gasteiger partial charge in [-0.3, -0.25) is 14.5 Å². The third-order valence-corrected chi connectivity index (χ3v) is 6.73. The summed E-state index contributed by atoms with van der Waals surface area (Å²) in [5, 5.41) is 0.269. The third kappa shape index (κ3) is 4.40. The first kappa shape index (κ1) is 23.8. The van der Waals surface area contributed by atoms with Gasteiger partial charge in [-0.2, -0.15) is 0 Å². The highest BCUT2D eigenvalue weighted by molar-refractivity contribution is 6.33. The van der Waals surface area contributed by atoms with Gasteiger partial charge in [-0.25, -0.2) is 9.78 Å². The second kappa shape index (κ2) is 9.50. The minimum Gasteiger partial charge on any atom is -0.444 e. The number of para-hydroxylation sites is 1. The molecule has 1 aromatic carbocycles. The maximum absolute atomic E-state index is 12.6. The van der Waals surface area contributed by atoms with Crippen LogP contribution in [0.2, 0.25) is 5.02 Å². The molecule has 1 aromatic heterocycles. The van der Waals surface area contributed by atoms with E-state index in [1.54, 1.807) is 4.90 Å². The van der Waals surface area contributed by atoms with Crippen LogP contribution in [0.25, 0.3) is 0 Å². The van der Waals surface area contributed by atoms with E-state index in [4.69, 9.17) is 27.8 Å². The molecule has 0 aliphatic carbocycles. The topological polar surface area (TPSA) is 132 Å². The Labute approximate surface area is 203 Å². The summed E-state index contributed by atoms with van der Waals surface area (Å²) in [5.41, 5.74) is 13.4. The van der Waals surface area contributed by atoms with E-state index in [9.17, 15) is 14.4 Å². The van der Waals surface area contributed by atoms with E-state index in [0.717, 1.165) is 11.3 Å². The van der Waals surface area contributed by atoms with Gasteiger partial charge in [0.15, 0.2) is 0 Å². The van der Waals surface area contributed by atoms with E-state index in [0.29, 0.717) is 31.7 Å². The molecule has 10 heteroatoms. The first-order chi connectivity index (χ1) is 16.2. The number of nitrogens with zero attached hydrogens (tertiary/aromatic N) is 3. The van der Waals surface area contributed by atoms with Crippen molar-refractivity contribution < 1.29 is 19.1 Å². The summed E-state index contributed by atoms with van der Waals surface area (Å²) in [6.07, 6.45) is 0.984. The van der Waals surface area contributed by atoms with E-state index in [1.807, 2.05) is 43.0 Å². The van der Waals surface area contributed by atoms with Crippen LogP contribution in [-0.4, -0.2) is 42.0 Å². The molecule has 1 atom stereocenters. The zero-order valence-corrected chi connectivity index (χ0v) is 19.9. The monoisotopic (exact) mass is 485 g/mol. The van der Waals surface area contributed by atoms with Crippen LogP contribution in [0.3, 0.4) is 0 Å². The van der Waals surface area contributed by atoms with Gasteiger partial charge in [0.25, 0.3) is 5.91 Å². The Morgan fingerprint density at radius 2 is 1.85 bits per heavy atom. The van der Waals surface area contributed by atoms with Crippen molar-refractivity contribution >= 4 is 41.0 Å². The van der Waals surface area contributed by atoms with Crippen molar-refractivity contribution in [2.75, 3.05) is 22.9 Å². The first-order valence-corrected chi connectivity index (χ1v) is 11.6. The zero-order chi connectivity index (χ0) is 24.6. The molecular formula is C24H28ClN5O4. The fourth-order valence-corrected chi connectivity index (χ4v) is 5.06. The van der Waals surface area contributed by atoms with Crippen molar-refractivity contribution in [1.82, 2.24) is 4.98 Å². The number of halogens is 1. The summed E-state index contributed by atoms with van der Waals surface area (Å²) in [5.74, 6) is -1.81. The van der Waals surface area contributed by atoms with Crippen molar-refractivity contribution in [2.45, 2.75) is 45.3 Å². The van der Waals surface area contributed by atoms with E-state index in [-0.39, 0.29) is 40.9 Å². The van der Waals surface area contributed by atoms with Crippen molar-refractivity contribution in [3.8, 4) is 0 Å². The molecule has 2 aliphatic rings. The molecule has 4 N–H and O–H groups in total. The van der Waals surface area contributed by atoms with Crippen LogP contribution >= 0.6 is 11.6 Å². The highest BCUT2D eigenvalue weighted by atomic mass is 35.5. The van der Waals surface area contributed by atoms with E-state index >= 15 is 0 Å². The summed E-state index contributed by atoms with van der Waals surface area (Å²) < 4.78 is 5.38. The molecule has 180 valence electrons. The maximum atomic E-state index is 12.6. The number of piperidine rings is 1. The number of rotatable bonds is 6. The number of amides is 3. The van der Waals surface area contributed by atoms with Crippen molar-refractivity contribution in [3.63, 3.8) is 0 Å². The number of hydrogen-bond donors (Lipinski definition) is 2. The number of ether oxygens (including phenoxy) is 1. The molecule has 1 fully saturated rings. The van der Waals surface area contributed by atoms with Gasteiger partial charge >= 0.3 is 6.09 Å². The maximum Gasteiger partial charge on any atom is 0.414 e. The Kier molecular flexibility index (Phi) is 6.65.